The van der Waals surface area contributed by atoms with Crippen LogP contribution in [0.15, 0.2) is 109 Å². The third-order valence-corrected chi connectivity index (χ3v) is 17.2. The molecule has 3 aliphatic heterocycles. The van der Waals surface area contributed by atoms with E-state index in [2.05, 4.69) is 31.9 Å². The maximum Gasteiger partial charge on any atom is 0.245 e. The summed E-state index contributed by atoms with van der Waals surface area (Å²) in [5, 5.41) is 36.0. The lowest BCUT2D eigenvalue weighted by Crippen LogP contribution is -2.62. The summed E-state index contributed by atoms with van der Waals surface area (Å²) < 4.78 is -2.56. The average Bonchev–Trinajstić information content (AvgIpc) is 3.40. The standard InChI is InChI=1S/C54H68N10O10S2/c1-53(2)45(61-47(69)39(55)27-35-15-19-37(65)20-16-35)49(71)57-31-43(67)59-41(29-33-11-7-5-8-12-33)51(73)63-23-25-64(26-24-63)52(74)42(30-34-13-9-6-10-14-34)60-44(68)32-58-50(72)46(54(3,4)76-75-53)62-48(70)40(56)28-36-17-21-38(66)22-18-36/h5-22,39-42,45-46,65-66H,23-32,55-56H2,1-4H3,(H,57,71)(H,58,72)(H,59,67)(H,60,68)(H,61,69)(H,62,70)/t39-,40-,41-,42-,45+,46+/m0/s1. The minimum Gasteiger partial charge on any atom is -0.508 e. The highest BCUT2D eigenvalue weighted by Crippen LogP contribution is 2.46. The van der Waals surface area contributed by atoms with Crippen LogP contribution in [0.3, 0.4) is 0 Å². The van der Waals surface area contributed by atoms with Crippen LogP contribution >= 0.6 is 21.6 Å². The molecule has 20 nitrogen and oxygen atoms in total. The van der Waals surface area contributed by atoms with Crippen molar-refractivity contribution in [2.45, 2.75) is 99.1 Å². The van der Waals surface area contributed by atoms with Crippen LogP contribution in [-0.4, -0.2) is 152 Å². The van der Waals surface area contributed by atoms with Gasteiger partial charge in [0.05, 0.1) is 25.2 Å². The Balaban J connectivity index is 1.32. The molecule has 4 aromatic carbocycles. The van der Waals surface area contributed by atoms with E-state index in [-0.39, 0.29) is 63.4 Å². The fourth-order valence-corrected chi connectivity index (χ4v) is 11.4. The Labute approximate surface area is 450 Å². The Kier molecular flexibility index (Phi) is 20.3. The molecule has 2 bridgehead atoms. The number of benzene rings is 4. The minimum atomic E-state index is -1.40. The zero-order chi connectivity index (χ0) is 55.2. The summed E-state index contributed by atoms with van der Waals surface area (Å²) in [6, 6.07) is 23.1. The van der Waals surface area contributed by atoms with Crippen LogP contribution < -0.4 is 43.4 Å². The van der Waals surface area contributed by atoms with E-state index in [4.69, 9.17) is 11.5 Å². The fourth-order valence-electron chi connectivity index (χ4n) is 8.59. The molecule has 0 unspecified atom stereocenters. The number of rotatable bonds is 12. The van der Waals surface area contributed by atoms with Crippen LogP contribution in [0.25, 0.3) is 0 Å². The summed E-state index contributed by atoms with van der Waals surface area (Å²) in [5.41, 5.74) is 15.6. The van der Waals surface area contributed by atoms with E-state index in [0.29, 0.717) is 11.1 Å². The molecule has 406 valence electrons. The van der Waals surface area contributed by atoms with Gasteiger partial charge in [-0.2, -0.15) is 0 Å². The van der Waals surface area contributed by atoms with Gasteiger partial charge in [0.2, 0.25) is 47.3 Å². The van der Waals surface area contributed by atoms with E-state index in [0.717, 1.165) is 32.7 Å². The van der Waals surface area contributed by atoms with E-state index in [1.165, 1.54) is 24.3 Å². The second-order valence-electron chi connectivity index (χ2n) is 19.9. The molecule has 0 aliphatic carbocycles. The van der Waals surface area contributed by atoms with Gasteiger partial charge in [0.15, 0.2) is 0 Å². The summed E-state index contributed by atoms with van der Waals surface area (Å²) in [6.45, 7) is 5.86. The summed E-state index contributed by atoms with van der Waals surface area (Å²) in [5.74, 6) is -5.16. The Bertz CT molecular complexity index is 2490. The van der Waals surface area contributed by atoms with Gasteiger partial charge in [0, 0.05) is 48.5 Å². The van der Waals surface area contributed by atoms with Gasteiger partial charge >= 0.3 is 0 Å². The lowest BCUT2D eigenvalue weighted by atomic mass is 10.00. The van der Waals surface area contributed by atoms with E-state index < -0.39 is 106 Å². The van der Waals surface area contributed by atoms with Crippen LogP contribution in [0.5, 0.6) is 11.5 Å². The minimum absolute atomic E-state index is 0.0208. The zero-order valence-electron chi connectivity index (χ0n) is 43.0. The lowest BCUT2D eigenvalue weighted by Gasteiger charge is -2.39. The van der Waals surface area contributed by atoms with Gasteiger partial charge in [-0.1, -0.05) is 107 Å². The van der Waals surface area contributed by atoms with Crippen molar-refractivity contribution in [3.05, 3.63) is 131 Å². The first-order valence-electron chi connectivity index (χ1n) is 24.9. The van der Waals surface area contributed by atoms with Gasteiger partial charge in [-0.15, -0.1) is 0 Å². The van der Waals surface area contributed by atoms with Gasteiger partial charge in [-0.05, 0) is 87.1 Å². The molecule has 3 heterocycles. The number of piperazine rings is 1. The first kappa shape index (κ1) is 58.1. The second-order valence-corrected chi connectivity index (χ2v) is 23.4. The van der Waals surface area contributed by atoms with Crippen LogP contribution in [0.1, 0.15) is 49.9 Å². The third kappa shape index (κ3) is 16.7. The molecule has 4 aromatic rings. The molecular formula is C54H68N10O10S2. The number of carbonyl (C=O) groups excluding carboxylic acids is 8. The van der Waals surface area contributed by atoms with Crippen molar-refractivity contribution < 1.29 is 48.6 Å². The SMILES string of the molecule is CC1(C)SSC(C)(C)[C@H](NC(=O)[C@@H](N)Cc2ccc(O)cc2)C(=O)NCC(=O)N[C@@H](Cc2ccccc2)C(=O)N2CCN(CC2)C(=O)[C@H](Cc2ccccc2)NC(=O)CNC(=O)[C@H]1NC(=O)[C@@H](N)Cc1ccc(O)cc1. The maximum absolute atomic E-state index is 14.4. The van der Waals surface area contributed by atoms with Crippen molar-refractivity contribution in [3.8, 4) is 11.5 Å². The van der Waals surface area contributed by atoms with Crippen molar-refractivity contribution >= 4 is 68.8 Å². The summed E-state index contributed by atoms with van der Waals surface area (Å²) in [7, 11) is 2.17. The zero-order valence-corrected chi connectivity index (χ0v) is 44.6. The number of aromatic hydroxyl groups is 2. The van der Waals surface area contributed by atoms with Crippen LogP contribution in [0, 0.1) is 0 Å². The number of phenols is 2. The molecule has 7 rings (SSSR count). The molecule has 0 spiro atoms. The predicted molar refractivity (Wildman–Crippen MR) is 290 cm³/mol. The fraction of sp³-hybridized carbons (Fsp3) is 0.407. The monoisotopic (exact) mass is 1080 g/mol. The summed E-state index contributed by atoms with van der Waals surface area (Å²) in [6.07, 6.45) is 0.301. The Morgan fingerprint density at radius 2 is 0.882 bits per heavy atom. The van der Waals surface area contributed by atoms with E-state index in [1.54, 1.807) is 61.8 Å². The van der Waals surface area contributed by atoms with Gasteiger partial charge in [-0.3, -0.25) is 38.4 Å². The molecule has 22 heteroatoms. The molecule has 0 aromatic heterocycles. The van der Waals surface area contributed by atoms with Gasteiger partial charge < -0.3 is 63.4 Å². The van der Waals surface area contributed by atoms with Crippen molar-refractivity contribution in [2.24, 2.45) is 11.5 Å². The third-order valence-electron chi connectivity index (χ3n) is 13.0. The van der Waals surface area contributed by atoms with Crippen LogP contribution in [0.4, 0.5) is 0 Å². The normalized spacial score (nSPS) is 21.9. The van der Waals surface area contributed by atoms with Gasteiger partial charge in [0.1, 0.15) is 35.7 Å². The van der Waals surface area contributed by atoms with E-state index in [9.17, 15) is 48.6 Å². The van der Waals surface area contributed by atoms with Crippen molar-refractivity contribution in [1.29, 1.82) is 0 Å². The number of phenolic OH excluding ortho intramolecular Hbond substituents is 2. The lowest BCUT2D eigenvalue weighted by molar-refractivity contribution is -0.143. The first-order valence-corrected chi connectivity index (χ1v) is 27.1. The number of nitrogens with two attached hydrogens (primary N) is 2. The highest BCUT2D eigenvalue weighted by atomic mass is 33.1. The molecule has 0 radical (unpaired) electrons. The molecule has 8 amide bonds. The number of amides is 8. The van der Waals surface area contributed by atoms with Crippen molar-refractivity contribution in [2.75, 3.05) is 39.3 Å². The van der Waals surface area contributed by atoms with Gasteiger partial charge in [-0.25, -0.2) is 0 Å². The topological polar surface area (TPSA) is 308 Å². The Hall–Kier alpha value is -7.14. The number of hydrogen-bond donors (Lipinski definition) is 10. The number of nitrogens with one attached hydrogen (secondary N) is 6. The molecule has 0 saturated carbocycles. The predicted octanol–water partition coefficient (Wildman–Crippen LogP) is 0.818. The molecule has 3 fully saturated rings. The molecule has 76 heavy (non-hydrogen) atoms. The van der Waals surface area contributed by atoms with Crippen LogP contribution in [-0.2, 0) is 64.0 Å². The number of carbonyl (C=O) groups is 8. The molecule has 6 atom stereocenters. The second kappa shape index (κ2) is 26.6. The van der Waals surface area contributed by atoms with E-state index in [1.807, 2.05) is 60.7 Å². The first-order chi connectivity index (χ1) is 36.1. The summed E-state index contributed by atoms with van der Waals surface area (Å²) >= 11 is 0. The average molecular weight is 1080 g/mol. The Morgan fingerprint density at radius 1 is 0.553 bits per heavy atom. The summed E-state index contributed by atoms with van der Waals surface area (Å²) in [4.78, 5) is 116. The highest BCUT2D eigenvalue weighted by Gasteiger charge is 2.44. The van der Waals surface area contributed by atoms with E-state index >= 15 is 0 Å². The number of nitrogens with zero attached hydrogens (tertiary/aromatic N) is 2. The van der Waals surface area contributed by atoms with Crippen molar-refractivity contribution in [3.63, 3.8) is 0 Å². The Morgan fingerprint density at radius 3 is 1.21 bits per heavy atom. The van der Waals surface area contributed by atoms with Gasteiger partial charge in [0.25, 0.3) is 0 Å². The quantitative estimate of drug-likeness (QED) is 0.0880. The number of fused-ring (bicyclic) bond motifs is 21. The molecule has 3 saturated heterocycles. The number of hydrogen-bond acceptors (Lipinski definition) is 14. The molecule has 12 N–H and O–H groups in total. The largest absolute Gasteiger partial charge is 0.508 e. The smallest absolute Gasteiger partial charge is 0.245 e. The molecular weight excluding hydrogens is 1010 g/mol. The van der Waals surface area contributed by atoms with Crippen LogP contribution in [0.2, 0.25) is 0 Å². The molecule has 3 aliphatic rings. The van der Waals surface area contributed by atoms with Crippen molar-refractivity contribution in [1.82, 2.24) is 41.7 Å². The maximum atomic E-state index is 14.4. The highest BCUT2D eigenvalue weighted by molar-refractivity contribution is 8.77.